The Morgan fingerprint density at radius 2 is 1.18 bits per heavy atom. The lowest BCUT2D eigenvalue weighted by molar-refractivity contribution is 0.289. The fourth-order valence-electron chi connectivity index (χ4n) is 3.82. The first-order valence-corrected chi connectivity index (χ1v) is 8.10. The third-order valence-electron chi connectivity index (χ3n) is 5.09. The summed E-state index contributed by atoms with van der Waals surface area (Å²) in [6.45, 7) is 0. The van der Waals surface area contributed by atoms with Crippen LogP contribution in [0.1, 0.15) is 83.5 Å². The molecule has 0 aromatic heterocycles. The summed E-state index contributed by atoms with van der Waals surface area (Å²) < 4.78 is 0. The molecule has 0 unspecified atom stereocenters. The van der Waals surface area contributed by atoms with Crippen molar-refractivity contribution in [1.82, 2.24) is 0 Å². The van der Waals surface area contributed by atoms with Crippen LogP contribution in [0.2, 0.25) is 0 Å². The molecule has 2 rings (SSSR count). The van der Waals surface area contributed by atoms with Crippen LogP contribution in [0.4, 0.5) is 0 Å². The Kier molecular flexibility index (Phi) is 5.84. The van der Waals surface area contributed by atoms with Crippen molar-refractivity contribution in [2.24, 2.45) is 17.6 Å². The number of hydrogen-bond acceptors (Lipinski definition) is 1. The summed E-state index contributed by atoms with van der Waals surface area (Å²) in [5.41, 5.74) is 5.95. The van der Waals surface area contributed by atoms with Crippen LogP contribution < -0.4 is 5.73 Å². The van der Waals surface area contributed by atoms with Crippen molar-refractivity contribution in [3.8, 4) is 0 Å². The van der Waals surface area contributed by atoms with Crippen molar-refractivity contribution in [1.29, 1.82) is 0 Å². The summed E-state index contributed by atoms with van der Waals surface area (Å²) in [6, 6.07) is 0.522. The topological polar surface area (TPSA) is 26.0 Å². The van der Waals surface area contributed by atoms with Gasteiger partial charge in [0.05, 0.1) is 0 Å². The van der Waals surface area contributed by atoms with Gasteiger partial charge in [-0.2, -0.15) is 0 Å². The third-order valence-corrected chi connectivity index (χ3v) is 5.09. The van der Waals surface area contributed by atoms with Crippen molar-refractivity contribution >= 4 is 0 Å². The van der Waals surface area contributed by atoms with Crippen molar-refractivity contribution in [2.75, 3.05) is 0 Å². The van der Waals surface area contributed by atoms with Crippen LogP contribution in [0.3, 0.4) is 0 Å². The minimum absolute atomic E-state index is 0.522. The van der Waals surface area contributed by atoms with Gasteiger partial charge in [0, 0.05) is 6.04 Å². The zero-order valence-corrected chi connectivity index (χ0v) is 11.5. The van der Waals surface area contributed by atoms with E-state index in [1.165, 1.54) is 83.5 Å². The molecule has 2 aliphatic rings. The second-order valence-corrected chi connectivity index (χ2v) is 6.57. The summed E-state index contributed by atoms with van der Waals surface area (Å²) in [4.78, 5) is 0. The molecule has 17 heavy (non-hydrogen) atoms. The van der Waals surface area contributed by atoms with Crippen molar-refractivity contribution < 1.29 is 0 Å². The Morgan fingerprint density at radius 1 is 0.647 bits per heavy atom. The van der Waals surface area contributed by atoms with Crippen LogP contribution in [0.5, 0.6) is 0 Å². The summed E-state index contributed by atoms with van der Waals surface area (Å²) in [6.07, 6.45) is 18.9. The minimum Gasteiger partial charge on any atom is -0.328 e. The van der Waals surface area contributed by atoms with Gasteiger partial charge in [0.15, 0.2) is 0 Å². The van der Waals surface area contributed by atoms with E-state index in [1.807, 2.05) is 0 Å². The molecule has 1 nitrogen and oxygen atoms in total. The Bertz CT molecular complexity index is 188. The zero-order chi connectivity index (χ0) is 11.9. The predicted molar refractivity (Wildman–Crippen MR) is 75.0 cm³/mol. The molecule has 0 atom stereocenters. The number of rotatable bonds is 5. The molecule has 2 N–H and O–H groups in total. The highest BCUT2D eigenvalue weighted by molar-refractivity contribution is 4.74. The fraction of sp³-hybridized carbons (Fsp3) is 1.00. The first-order valence-electron chi connectivity index (χ1n) is 8.10. The molecule has 100 valence electrons. The molecule has 0 aromatic carbocycles. The Balaban J connectivity index is 1.48. The van der Waals surface area contributed by atoms with E-state index in [0.29, 0.717) is 6.04 Å². The first kappa shape index (κ1) is 13.4. The van der Waals surface area contributed by atoms with Crippen LogP contribution in [0, 0.1) is 11.8 Å². The average molecular weight is 237 g/mol. The summed E-state index contributed by atoms with van der Waals surface area (Å²) in [7, 11) is 0. The van der Waals surface area contributed by atoms with Crippen LogP contribution in [-0.2, 0) is 0 Å². The van der Waals surface area contributed by atoms with E-state index in [4.69, 9.17) is 5.73 Å². The molecular formula is C16H31N. The van der Waals surface area contributed by atoms with E-state index in [2.05, 4.69) is 0 Å². The molecule has 2 fully saturated rings. The molecule has 0 spiro atoms. The van der Waals surface area contributed by atoms with Crippen molar-refractivity contribution in [3.05, 3.63) is 0 Å². The van der Waals surface area contributed by atoms with E-state index < -0.39 is 0 Å². The Morgan fingerprint density at radius 3 is 1.76 bits per heavy atom. The highest BCUT2D eigenvalue weighted by Crippen LogP contribution is 2.30. The number of unbranched alkanes of at least 4 members (excludes halogenated alkanes) is 1. The molecule has 0 heterocycles. The van der Waals surface area contributed by atoms with Gasteiger partial charge in [-0.15, -0.1) is 0 Å². The zero-order valence-electron chi connectivity index (χ0n) is 11.5. The summed E-state index contributed by atoms with van der Waals surface area (Å²) >= 11 is 0. The van der Waals surface area contributed by atoms with E-state index >= 15 is 0 Å². The van der Waals surface area contributed by atoms with E-state index in [9.17, 15) is 0 Å². The van der Waals surface area contributed by atoms with Gasteiger partial charge in [-0.1, -0.05) is 57.8 Å². The van der Waals surface area contributed by atoms with Gasteiger partial charge in [-0.25, -0.2) is 0 Å². The van der Waals surface area contributed by atoms with Crippen molar-refractivity contribution in [2.45, 2.75) is 89.5 Å². The molecular weight excluding hydrogens is 206 g/mol. The van der Waals surface area contributed by atoms with E-state index in [-0.39, 0.29) is 0 Å². The molecule has 0 saturated heterocycles. The van der Waals surface area contributed by atoms with Gasteiger partial charge < -0.3 is 5.73 Å². The lowest BCUT2D eigenvalue weighted by Crippen LogP contribution is -2.26. The van der Waals surface area contributed by atoms with Gasteiger partial charge in [-0.3, -0.25) is 0 Å². The monoisotopic (exact) mass is 237 g/mol. The highest BCUT2D eigenvalue weighted by Gasteiger charge is 2.18. The number of hydrogen-bond donors (Lipinski definition) is 1. The van der Waals surface area contributed by atoms with Gasteiger partial charge in [0.1, 0.15) is 0 Å². The maximum atomic E-state index is 5.95. The maximum Gasteiger partial charge on any atom is 0.00390 e. The smallest absolute Gasteiger partial charge is 0.00390 e. The van der Waals surface area contributed by atoms with Gasteiger partial charge in [-0.05, 0) is 37.5 Å². The predicted octanol–water partition coefficient (Wildman–Crippen LogP) is 4.64. The standard InChI is InChI=1S/C16H31N/c17-16-12-10-15(11-13-16)9-5-4-8-14-6-2-1-3-7-14/h14-16H,1-13,17H2. The molecule has 0 bridgehead atoms. The Labute approximate surface area is 108 Å². The molecule has 0 aliphatic heterocycles. The molecule has 2 saturated carbocycles. The summed E-state index contributed by atoms with van der Waals surface area (Å²) in [5.74, 6) is 2.10. The Hall–Kier alpha value is -0.0400. The van der Waals surface area contributed by atoms with E-state index in [0.717, 1.165) is 11.8 Å². The average Bonchev–Trinajstić information content (AvgIpc) is 2.38. The SMILES string of the molecule is NC1CCC(CCCCC2CCCCC2)CC1. The summed E-state index contributed by atoms with van der Waals surface area (Å²) in [5, 5.41) is 0. The van der Waals surface area contributed by atoms with Gasteiger partial charge in [0.2, 0.25) is 0 Å². The molecule has 0 amide bonds. The molecule has 1 heteroatoms. The van der Waals surface area contributed by atoms with Crippen LogP contribution in [0.15, 0.2) is 0 Å². The molecule has 2 aliphatic carbocycles. The second-order valence-electron chi connectivity index (χ2n) is 6.57. The fourth-order valence-corrected chi connectivity index (χ4v) is 3.82. The van der Waals surface area contributed by atoms with Crippen LogP contribution >= 0.6 is 0 Å². The molecule has 0 radical (unpaired) electrons. The highest BCUT2D eigenvalue weighted by atomic mass is 14.6. The first-order chi connectivity index (χ1) is 8.34. The minimum atomic E-state index is 0.522. The largest absolute Gasteiger partial charge is 0.328 e. The second kappa shape index (κ2) is 7.41. The normalized spacial score (nSPS) is 31.6. The lowest BCUT2D eigenvalue weighted by atomic mass is 9.82. The van der Waals surface area contributed by atoms with E-state index in [1.54, 1.807) is 0 Å². The van der Waals surface area contributed by atoms with Gasteiger partial charge in [0.25, 0.3) is 0 Å². The molecule has 0 aromatic rings. The van der Waals surface area contributed by atoms with Gasteiger partial charge >= 0.3 is 0 Å². The third kappa shape index (κ3) is 4.99. The van der Waals surface area contributed by atoms with Crippen LogP contribution in [0.25, 0.3) is 0 Å². The number of nitrogens with two attached hydrogens (primary N) is 1. The quantitative estimate of drug-likeness (QED) is 0.692. The maximum absolute atomic E-state index is 5.95. The lowest BCUT2D eigenvalue weighted by Gasteiger charge is -2.26. The van der Waals surface area contributed by atoms with Crippen LogP contribution in [-0.4, -0.2) is 6.04 Å². The van der Waals surface area contributed by atoms with Crippen molar-refractivity contribution in [3.63, 3.8) is 0 Å².